The highest BCUT2D eigenvalue weighted by Crippen LogP contribution is 2.26. The number of nitrogens with zero attached hydrogens (tertiary/aromatic N) is 1. The monoisotopic (exact) mass is 226 g/mol. The Morgan fingerprint density at radius 3 is 2.56 bits per heavy atom. The number of aliphatic hydroxyl groups excluding tert-OH is 1. The van der Waals surface area contributed by atoms with Crippen LogP contribution in [-0.4, -0.2) is 47.3 Å². The standard InChI is InChI=1S/C13H26N2O/c1-13(2)10-15(8-11(9-16)14-13)12-6-4-3-5-7-12/h11-12,14,16H,3-10H2,1-2H3. The zero-order valence-electron chi connectivity index (χ0n) is 10.7. The maximum atomic E-state index is 9.35. The lowest BCUT2D eigenvalue weighted by molar-refractivity contribution is 0.0438. The van der Waals surface area contributed by atoms with Crippen molar-refractivity contribution in [2.45, 2.75) is 63.6 Å². The molecule has 1 saturated carbocycles. The van der Waals surface area contributed by atoms with Gasteiger partial charge in [0.05, 0.1) is 6.61 Å². The van der Waals surface area contributed by atoms with E-state index in [1.54, 1.807) is 0 Å². The lowest BCUT2D eigenvalue weighted by atomic mass is 9.90. The summed E-state index contributed by atoms with van der Waals surface area (Å²) in [6, 6.07) is 1.02. The minimum absolute atomic E-state index is 0.142. The SMILES string of the molecule is CC1(C)CN(C2CCCCC2)CC(CO)N1. The molecule has 3 heteroatoms. The van der Waals surface area contributed by atoms with Gasteiger partial charge in [0.1, 0.15) is 0 Å². The normalized spacial score (nSPS) is 32.8. The van der Waals surface area contributed by atoms with Crippen LogP contribution in [0, 0.1) is 0 Å². The number of hydrogen-bond donors (Lipinski definition) is 2. The van der Waals surface area contributed by atoms with E-state index in [1.165, 1.54) is 32.1 Å². The van der Waals surface area contributed by atoms with Gasteiger partial charge in [0.25, 0.3) is 0 Å². The Labute approximate surface area is 99.2 Å². The lowest BCUT2D eigenvalue weighted by Crippen LogP contribution is -2.64. The van der Waals surface area contributed by atoms with Crippen molar-refractivity contribution in [3.63, 3.8) is 0 Å². The molecule has 94 valence electrons. The molecule has 16 heavy (non-hydrogen) atoms. The summed E-state index contributed by atoms with van der Waals surface area (Å²) in [4.78, 5) is 2.61. The van der Waals surface area contributed by atoms with Gasteiger partial charge in [-0.15, -0.1) is 0 Å². The molecule has 0 spiro atoms. The molecule has 3 nitrogen and oxygen atoms in total. The highest BCUT2D eigenvalue weighted by Gasteiger charge is 2.34. The predicted octanol–water partition coefficient (Wildman–Crippen LogP) is 1.36. The number of rotatable bonds is 2. The van der Waals surface area contributed by atoms with Gasteiger partial charge in [0.2, 0.25) is 0 Å². The molecule has 2 rings (SSSR count). The highest BCUT2D eigenvalue weighted by atomic mass is 16.3. The molecule has 0 radical (unpaired) electrons. The summed E-state index contributed by atoms with van der Waals surface area (Å²) >= 11 is 0. The second kappa shape index (κ2) is 5.03. The van der Waals surface area contributed by atoms with Gasteiger partial charge < -0.3 is 10.4 Å². The third-order valence-corrected chi connectivity index (χ3v) is 3.96. The molecule has 1 aliphatic carbocycles. The third-order valence-electron chi connectivity index (χ3n) is 3.96. The van der Waals surface area contributed by atoms with E-state index in [2.05, 4.69) is 24.1 Å². The van der Waals surface area contributed by atoms with Crippen molar-refractivity contribution in [1.29, 1.82) is 0 Å². The van der Waals surface area contributed by atoms with Gasteiger partial charge in [-0.3, -0.25) is 4.90 Å². The van der Waals surface area contributed by atoms with E-state index in [4.69, 9.17) is 0 Å². The van der Waals surface area contributed by atoms with E-state index in [0.29, 0.717) is 0 Å². The van der Waals surface area contributed by atoms with E-state index >= 15 is 0 Å². The van der Waals surface area contributed by atoms with Crippen molar-refractivity contribution in [2.24, 2.45) is 0 Å². The Bertz CT molecular complexity index is 224. The molecule has 0 aromatic rings. The van der Waals surface area contributed by atoms with Gasteiger partial charge in [-0.05, 0) is 26.7 Å². The molecule has 0 amide bonds. The molecule has 2 aliphatic rings. The minimum Gasteiger partial charge on any atom is -0.395 e. The van der Waals surface area contributed by atoms with Gasteiger partial charge in [0.15, 0.2) is 0 Å². The first-order valence-corrected chi connectivity index (χ1v) is 6.73. The Morgan fingerprint density at radius 1 is 1.25 bits per heavy atom. The molecule has 1 unspecified atom stereocenters. The van der Waals surface area contributed by atoms with E-state index in [9.17, 15) is 5.11 Å². The summed E-state index contributed by atoms with van der Waals surface area (Å²) in [6.07, 6.45) is 6.90. The number of aliphatic hydroxyl groups is 1. The van der Waals surface area contributed by atoms with Gasteiger partial charge in [0, 0.05) is 30.7 Å². The van der Waals surface area contributed by atoms with Crippen LogP contribution in [0.3, 0.4) is 0 Å². The maximum absolute atomic E-state index is 9.35. The summed E-state index contributed by atoms with van der Waals surface area (Å²) in [6.45, 7) is 6.88. The van der Waals surface area contributed by atoms with Gasteiger partial charge in [-0.25, -0.2) is 0 Å². The molecular weight excluding hydrogens is 200 g/mol. The van der Waals surface area contributed by atoms with E-state index < -0.39 is 0 Å². The van der Waals surface area contributed by atoms with Crippen LogP contribution in [-0.2, 0) is 0 Å². The van der Waals surface area contributed by atoms with Crippen LogP contribution in [0.1, 0.15) is 46.0 Å². The van der Waals surface area contributed by atoms with Crippen molar-refractivity contribution >= 4 is 0 Å². The molecule has 0 aromatic carbocycles. The molecule has 0 bridgehead atoms. The number of piperazine rings is 1. The molecule has 2 fully saturated rings. The molecule has 1 aliphatic heterocycles. The molecule has 0 aromatic heterocycles. The predicted molar refractivity (Wildman–Crippen MR) is 66.5 cm³/mol. The van der Waals surface area contributed by atoms with Crippen LogP contribution in [0.25, 0.3) is 0 Å². The quantitative estimate of drug-likeness (QED) is 0.746. The van der Waals surface area contributed by atoms with Crippen LogP contribution in [0.4, 0.5) is 0 Å². The molecule has 1 heterocycles. The fraction of sp³-hybridized carbons (Fsp3) is 1.00. The largest absolute Gasteiger partial charge is 0.395 e. The Morgan fingerprint density at radius 2 is 1.94 bits per heavy atom. The first-order chi connectivity index (χ1) is 7.61. The first kappa shape index (κ1) is 12.3. The maximum Gasteiger partial charge on any atom is 0.0597 e. The summed E-state index contributed by atoms with van der Waals surface area (Å²) in [5.74, 6) is 0. The Hall–Kier alpha value is -0.120. The topological polar surface area (TPSA) is 35.5 Å². The third kappa shape index (κ3) is 2.96. The second-order valence-corrected chi connectivity index (χ2v) is 6.13. The molecular formula is C13H26N2O. The smallest absolute Gasteiger partial charge is 0.0597 e. The van der Waals surface area contributed by atoms with Crippen LogP contribution in [0.2, 0.25) is 0 Å². The van der Waals surface area contributed by atoms with Crippen molar-refractivity contribution in [1.82, 2.24) is 10.2 Å². The summed E-state index contributed by atoms with van der Waals surface area (Å²) in [5.41, 5.74) is 0.142. The summed E-state index contributed by atoms with van der Waals surface area (Å²) < 4.78 is 0. The highest BCUT2D eigenvalue weighted by molar-refractivity contribution is 4.94. The van der Waals surface area contributed by atoms with E-state index in [1.807, 2.05) is 0 Å². The fourth-order valence-electron chi connectivity index (χ4n) is 3.33. The van der Waals surface area contributed by atoms with E-state index in [-0.39, 0.29) is 18.2 Å². The summed E-state index contributed by atoms with van der Waals surface area (Å²) in [5, 5.41) is 12.9. The van der Waals surface area contributed by atoms with Crippen molar-refractivity contribution < 1.29 is 5.11 Å². The van der Waals surface area contributed by atoms with Crippen molar-refractivity contribution in [2.75, 3.05) is 19.7 Å². The summed E-state index contributed by atoms with van der Waals surface area (Å²) in [7, 11) is 0. The van der Waals surface area contributed by atoms with E-state index in [0.717, 1.165) is 19.1 Å². The zero-order chi connectivity index (χ0) is 11.6. The van der Waals surface area contributed by atoms with Crippen LogP contribution in [0.5, 0.6) is 0 Å². The Balaban J connectivity index is 1.97. The number of hydrogen-bond acceptors (Lipinski definition) is 3. The average Bonchev–Trinajstić information content (AvgIpc) is 2.28. The van der Waals surface area contributed by atoms with Crippen LogP contribution in [0.15, 0.2) is 0 Å². The molecule has 1 saturated heterocycles. The first-order valence-electron chi connectivity index (χ1n) is 6.73. The van der Waals surface area contributed by atoms with Gasteiger partial charge >= 0.3 is 0 Å². The van der Waals surface area contributed by atoms with Crippen molar-refractivity contribution in [3.05, 3.63) is 0 Å². The van der Waals surface area contributed by atoms with Gasteiger partial charge in [-0.1, -0.05) is 19.3 Å². The van der Waals surface area contributed by atoms with Gasteiger partial charge in [-0.2, -0.15) is 0 Å². The fourth-order valence-corrected chi connectivity index (χ4v) is 3.33. The zero-order valence-corrected chi connectivity index (χ0v) is 10.7. The second-order valence-electron chi connectivity index (χ2n) is 6.13. The molecule has 2 N–H and O–H groups in total. The van der Waals surface area contributed by atoms with Crippen molar-refractivity contribution in [3.8, 4) is 0 Å². The minimum atomic E-state index is 0.142. The number of nitrogens with one attached hydrogen (secondary N) is 1. The van der Waals surface area contributed by atoms with Crippen LogP contribution >= 0.6 is 0 Å². The van der Waals surface area contributed by atoms with Crippen LogP contribution < -0.4 is 5.32 Å². The average molecular weight is 226 g/mol. The Kier molecular flexibility index (Phi) is 3.88. The molecule has 1 atom stereocenters. The lowest BCUT2D eigenvalue weighted by Gasteiger charge is -2.47.